The number of carbonyl (C=O) groups is 2. The molecule has 0 spiro atoms. The third-order valence-electron chi connectivity index (χ3n) is 5.64. The highest BCUT2D eigenvalue weighted by molar-refractivity contribution is 6.31. The number of nitrogens with zero attached hydrogens (tertiary/aromatic N) is 1. The van der Waals surface area contributed by atoms with Crippen molar-refractivity contribution in [1.29, 1.82) is 0 Å². The lowest BCUT2D eigenvalue weighted by Gasteiger charge is -2.23. The van der Waals surface area contributed by atoms with Crippen LogP contribution < -0.4 is 5.48 Å². The number of carbonyl (C=O) groups excluding carboxylic acids is 2. The van der Waals surface area contributed by atoms with Gasteiger partial charge in [0.15, 0.2) is 0 Å². The zero-order valence-corrected chi connectivity index (χ0v) is 18.5. The summed E-state index contributed by atoms with van der Waals surface area (Å²) < 4.78 is 13.4. The molecule has 5 nitrogen and oxygen atoms in total. The zero-order valence-electron chi connectivity index (χ0n) is 17.7. The molecule has 7 heteroatoms. The van der Waals surface area contributed by atoms with Crippen molar-refractivity contribution in [2.45, 2.75) is 19.4 Å². The summed E-state index contributed by atoms with van der Waals surface area (Å²) in [6, 6.07) is 18.2. The number of benzene rings is 3. The predicted octanol–water partition coefficient (Wildman–Crippen LogP) is 5.11. The van der Waals surface area contributed by atoms with Gasteiger partial charge in [0.1, 0.15) is 5.82 Å². The van der Waals surface area contributed by atoms with Gasteiger partial charge in [-0.3, -0.25) is 14.8 Å². The van der Waals surface area contributed by atoms with E-state index in [0.29, 0.717) is 40.4 Å². The van der Waals surface area contributed by atoms with E-state index in [2.05, 4.69) is 0 Å². The fourth-order valence-corrected chi connectivity index (χ4v) is 4.15. The van der Waals surface area contributed by atoms with Crippen LogP contribution in [0.1, 0.15) is 39.0 Å². The van der Waals surface area contributed by atoms with Gasteiger partial charge in [0.2, 0.25) is 0 Å². The number of aryl methyl sites for hydroxylation is 1. The molecule has 0 atom stereocenters. The molecule has 4 rings (SSSR count). The van der Waals surface area contributed by atoms with E-state index in [0.717, 1.165) is 24.0 Å². The van der Waals surface area contributed by atoms with E-state index in [1.54, 1.807) is 58.9 Å². The smallest absolute Gasteiger partial charge is 0.274 e. The maximum Gasteiger partial charge on any atom is 0.274 e. The number of rotatable bonds is 4. The summed E-state index contributed by atoms with van der Waals surface area (Å²) in [6.45, 7) is 0.860. The molecular formula is C26H22ClFN2O3. The molecule has 0 aromatic heterocycles. The van der Waals surface area contributed by atoms with Crippen LogP contribution in [0.3, 0.4) is 0 Å². The van der Waals surface area contributed by atoms with Crippen LogP contribution in [-0.2, 0) is 17.8 Å². The highest BCUT2D eigenvalue weighted by Gasteiger charge is 2.24. The monoisotopic (exact) mass is 464 g/mol. The van der Waals surface area contributed by atoms with Crippen LogP contribution in [0.25, 0.3) is 11.6 Å². The van der Waals surface area contributed by atoms with Crippen LogP contribution in [0, 0.1) is 5.82 Å². The van der Waals surface area contributed by atoms with Gasteiger partial charge in [0.05, 0.1) is 0 Å². The average Bonchev–Trinajstić information content (AvgIpc) is 3.04. The summed E-state index contributed by atoms with van der Waals surface area (Å²) in [5, 5.41) is 9.47. The van der Waals surface area contributed by atoms with E-state index in [1.807, 2.05) is 12.1 Å². The van der Waals surface area contributed by atoms with Crippen LogP contribution >= 0.6 is 11.6 Å². The minimum atomic E-state index is -0.601. The standard InChI is InChI=1S/C26H22ClFN2O3/c27-22-5-1-3-19(15-22)24(13-17-6-10-23(28)11-7-17)26(32)30-12-2-4-18-8-9-20(25(31)29-33)14-21(18)16-30/h1,3,5-11,13-15,33H,2,4,12,16H2,(H,29,31)/b24-13-. The predicted molar refractivity (Wildman–Crippen MR) is 125 cm³/mol. The van der Waals surface area contributed by atoms with E-state index < -0.39 is 5.91 Å². The summed E-state index contributed by atoms with van der Waals surface area (Å²) in [5.41, 5.74) is 5.68. The molecule has 2 amide bonds. The van der Waals surface area contributed by atoms with Gasteiger partial charge in [-0.15, -0.1) is 0 Å². The second-order valence-electron chi connectivity index (χ2n) is 7.87. The minimum Gasteiger partial charge on any atom is -0.334 e. The molecule has 0 radical (unpaired) electrons. The fourth-order valence-electron chi connectivity index (χ4n) is 3.96. The number of amides is 2. The van der Waals surface area contributed by atoms with Gasteiger partial charge in [-0.2, -0.15) is 0 Å². The summed E-state index contributed by atoms with van der Waals surface area (Å²) in [4.78, 5) is 27.3. The number of hydrogen-bond acceptors (Lipinski definition) is 3. The summed E-state index contributed by atoms with van der Waals surface area (Å²) in [6.07, 6.45) is 3.27. The van der Waals surface area contributed by atoms with Gasteiger partial charge in [-0.05, 0) is 77.6 Å². The highest BCUT2D eigenvalue weighted by Crippen LogP contribution is 2.27. The lowest BCUT2D eigenvalue weighted by Crippen LogP contribution is -2.31. The molecule has 168 valence electrons. The Morgan fingerprint density at radius 3 is 2.52 bits per heavy atom. The molecule has 0 saturated carbocycles. The van der Waals surface area contributed by atoms with Crippen molar-refractivity contribution in [3.8, 4) is 0 Å². The quantitative estimate of drug-likeness (QED) is 0.244. The van der Waals surface area contributed by atoms with Crippen molar-refractivity contribution in [2.75, 3.05) is 6.54 Å². The molecule has 0 aliphatic carbocycles. The van der Waals surface area contributed by atoms with Crippen molar-refractivity contribution >= 4 is 35.1 Å². The fraction of sp³-hybridized carbons (Fsp3) is 0.154. The Hall–Kier alpha value is -3.48. The second kappa shape index (κ2) is 9.98. The van der Waals surface area contributed by atoms with Crippen molar-refractivity contribution < 1.29 is 19.2 Å². The first kappa shape index (κ1) is 22.7. The molecule has 0 bridgehead atoms. The Balaban J connectivity index is 1.71. The molecule has 1 heterocycles. The van der Waals surface area contributed by atoms with E-state index in [-0.39, 0.29) is 11.7 Å². The molecule has 33 heavy (non-hydrogen) atoms. The van der Waals surface area contributed by atoms with Crippen LogP contribution in [0.2, 0.25) is 5.02 Å². The largest absolute Gasteiger partial charge is 0.334 e. The molecule has 0 fully saturated rings. The topological polar surface area (TPSA) is 69.6 Å². The molecule has 1 aliphatic rings. The number of fused-ring (bicyclic) bond motifs is 1. The van der Waals surface area contributed by atoms with Crippen molar-refractivity contribution in [3.63, 3.8) is 0 Å². The lowest BCUT2D eigenvalue weighted by molar-refractivity contribution is -0.125. The average molecular weight is 465 g/mol. The first-order valence-electron chi connectivity index (χ1n) is 10.5. The van der Waals surface area contributed by atoms with Gasteiger partial charge in [0, 0.05) is 29.2 Å². The van der Waals surface area contributed by atoms with E-state index >= 15 is 0 Å². The Kier molecular flexibility index (Phi) is 6.87. The summed E-state index contributed by atoms with van der Waals surface area (Å²) in [7, 11) is 0. The van der Waals surface area contributed by atoms with E-state index in [4.69, 9.17) is 16.8 Å². The molecule has 0 unspecified atom stereocenters. The third-order valence-corrected chi connectivity index (χ3v) is 5.87. The Labute approximate surface area is 196 Å². The van der Waals surface area contributed by atoms with Gasteiger partial charge in [0.25, 0.3) is 11.8 Å². The number of halogens is 2. The maximum absolute atomic E-state index is 13.7. The number of nitrogens with one attached hydrogen (secondary N) is 1. The summed E-state index contributed by atoms with van der Waals surface area (Å²) >= 11 is 6.20. The molecule has 3 aromatic rings. The second-order valence-corrected chi connectivity index (χ2v) is 8.31. The first-order chi connectivity index (χ1) is 15.9. The minimum absolute atomic E-state index is 0.188. The van der Waals surface area contributed by atoms with Gasteiger partial charge in [-0.25, -0.2) is 9.87 Å². The number of hydroxylamine groups is 1. The molecule has 2 N–H and O–H groups in total. The van der Waals surface area contributed by atoms with Gasteiger partial charge >= 0.3 is 0 Å². The van der Waals surface area contributed by atoms with E-state index in [1.165, 1.54) is 12.1 Å². The van der Waals surface area contributed by atoms with Crippen LogP contribution in [-0.4, -0.2) is 28.5 Å². The van der Waals surface area contributed by atoms with E-state index in [9.17, 15) is 14.0 Å². The van der Waals surface area contributed by atoms with Gasteiger partial charge in [-0.1, -0.05) is 41.9 Å². The van der Waals surface area contributed by atoms with Crippen LogP contribution in [0.5, 0.6) is 0 Å². The normalized spacial score (nSPS) is 13.8. The summed E-state index contributed by atoms with van der Waals surface area (Å²) in [5.74, 6) is -1.14. The number of hydrogen-bond donors (Lipinski definition) is 2. The van der Waals surface area contributed by atoms with Crippen LogP contribution in [0.15, 0.2) is 66.7 Å². The Bertz CT molecular complexity index is 1220. The van der Waals surface area contributed by atoms with Gasteiger partial charge < -0.3 is 4.90 Å². The Morgan fingerprint density at radius 2 is 1.79 bits per heavy atom. The van der Waals surface area contributed by atoms with Crippen molar-refractivity contribution in [3.05, 3.63) is 105 Å². The molecule has 3 aromatic carbocycles. The lowest BCUT2D eigenvalue weighted by atomic mass is 10.00. The van der Waals surface area contributed by atoms with Crippen molar-refractivity contribution in [1.82, 2.24) is 10.4 Å². The Morgan fingerprint density at radius 1 is 1.00 bits per heavy atom. The SMILES string of the molecule is O=C(NO)c1ccc2c(c1)CN(C(=O)/C(=C\c1ccc(F)cc1)c1cccc(Cl)c1)CCC2. The van der Waals surface area contributed by atoms with Crippen LogP contribution in [0.4, 0.5) is 4.39 Å². The van der Waals surface area contributed by atoms with Crippen molar-refractivity contribution in [2.24, 2.45) is 0 Å². The molecule has 1 aliphatic heterocycles. The zero-order chi connectivity index (χ0) is 23.4. The molecule has 0 saturated heterocycles. The third kappa shape index (κ3) is 5.30. The first-order valence-corrected chi connectivity index (χ1v) is 10.9. The molecular weight excluding hydrogens is 443 g/mol. The maximum atomic E-state index is 13.7. The highest BCUT2D eigenvalue weighted by atomic mass is 35.5.